The number of hydrogen-bond donors (Lipinski definition) is 1. The fourth-order valence-electron chi connectivity index (χ4n) is 5.25. The van der Waals surface area contributed by atoms with Gasteiger partial charge in [0.1, 0.15) is 12.4 Å². The van der Waals surface area contributed by atoms with Crippen molar-refractivity contribution in [2.75, 3.05) is 19.6 Å². The quantitative estimate of drug-likeness (QED) is 0.385. The van der Waals surface area contributed by atoms with Crippen molar-refractivity contribution in [3.63, 3.8) is 0 Å². The number of piperidine rings is 1. The van der Waals surface area contributed by atoms with Gasteiger partial charge >= 0.3 is 0 Å². The van der Waals surface area contributed by atoms with E-state index in [0.29, 0.717) is 23.3 Å². The summed E-state index contributed by atoms with van der Waals surface area (Å²) in [5.41, 5.74) is 5.79. The van der Waals surface area contributed by atoms with Crippen LogP contribution in [0.1, 0.15) is 37.3 Å². The Morgan fingerprint density at radius 3 is 2.46 bits per heavy atom. The maximum atomic E-state index is 13.8. The number of carbonyl (C=O) groups excluding carboxylic acids is 1. The summed E-state index contributed by atoms with van der Waals surface area (Å²) in [6.07, 6.45) is 3.86. The molecule has 1 saturated heterocycles. The summed E-state index contributed by atoms with van der Waals surface area (Å²) in [6, 6.07) is 22.1. The molecule has 0 aliphatic carbocycles. The number of rotatable bonds is 7. The first-order chi connectivity index (χ1) is 18.0. The Morgan fingerprint density at radius 1 is 0.919 bits per heavy atom. The second-order valence-electron chi connectivity index (χ2n) is 9.92. The highest BCUT2D eigenvalue weighted by Gasteiger charge is 2.17. The number of nitrogens with one attached hydrogen (secondary N) is 1. The second kappa shape index (κ2) is 11.1. The van der Waals surface area contributed by atoms with E-state index in [1.54, 1.807) is 0 Å². The summed E-state index contributed by atoms with van der Waals surface area (Å²) < 4.78 is 1.49. The third-order valence-electron chi connectivity index (χ3n) is 6.99. The highest BCUT2D eigenvalue weighted by Crippen LogP contribution is 2.27. The number of aryl methyl sites for hydroxylation is 1. The molecule has 1 aliphatic heterocycles. The van der Waals surface area contributed by atoms with Crippen molar-refractivity contribution in [2.24, 2.45) is 0 Å². The highest BCUT2D eigenvalue weighted by molar-refractivity contribution is 5.86. The lowest BCUT2D eigenvalue weighted by atomic mass is 9.98. The first-order valence-corrected chi connectivity index (χ1v) is 13.2. The average Bonchev–Trinajstić information content (AvgIpc) is 2.91. The van der Waals surface area contributed by atoms with Crippen LogP contribution >= 0.6 is 0 Å². The van der Waals surface area contributed by atoms with Crippen LogP contribution < -0.4 is 10.9 Å². The van der Waals surface area contributed by atoms with E-state index in [-0.39, 0.29) is 18.0 Å². The average molecular weight is 495 g/mol. The van der Waals surface area contributed by atoms with Crippen LogP contribution in [-0.4, -0.2) is 40.0 Å². The normalized spacial score (nSPS) is 14.1. The van der Waals surface area contributed by atoms with Crippen LogP contribution in [-0.2, 0) is 17.9 Å². The molecule has 0 atom stereocenters. The lowest BCUT2D eigenvalue weighted by Gasteiger charge is -2.26. The molecule has 1 fully saturated rings. The Bertz CT molecular complexity index is 1470. The van der Waals surface area contributed by atoms with Crippen molar-refractivity contribution in [1.82, 2.24) is 19.8 Å². The fraction of sp³-hybridized carbons (Fsp3) is 0.323. The second-order valence-corrected chi connectivity index (χ2v) is 9.92. The molecule has 5 rings (SSSR count). The minimum absolute atomic E-state index is 0.0749. The van der Waals surface area contributed by atoms with Gasteiger partial charge in [0.05, 0.1) is 10.9 Å². The number of likely N-dealkylation sites (tertiary alicyclic amines) is 1. The summed E-state index contributed by atoms with van der Waals surface area (Å²) in [7, 11) is 0. The molecular weight excluding hydrogens is 460 g/mol. The van der Waals surface area contributed by atoms with Crippen molar-refractivity contribution < 1.29 is 4.79 Å². The first kappa shape index (κ1) is 24.9. The van der Waals surface area contributed by atoms with Gasteiger partial charge < -0.3 is 5.32 Å². The Hall–Kier alpha value is -3.77. The molecule has 190 valence electrons. The van der Waals surface area contributed by atoms with Gasteiger partial charge in [0.15, 0.2) is 0 Å². The standard InChI is InChI=1S/C31H34N4O2/c1-3-32-29(36)21-35-30(24-10-6-4-7-11-24)33-28-13-12-25(19-27(28)31(35)37)26-17-22(2)16-23(18-26)20-34-14-8-5-9-15-34/h4,6-7,10-13,16-19H,3,5,8-9,14-15,20-21H2,1-2H3,(H,32,36). The molecule has 1 amide bonds. The first-order valence-electron chi connectivity index (χ1n) is 13.2. The lowest BCUT2D eigenvalue weighted by molar-refractivity contribution is -0.121. The molecule has 0 spiro atoms. The molecule has 1 aliphatic rings. The van der Waals surface area contributed by atoms with E-state index >= 15 is 0 Å². The zero-order chi connectivity index (χ0) is 25.8. The molecule has 6 heteroatoms. The molecule has 0 saturated carbocycles. The predicted molar refractivity (Wildman–Crippen MR) is 149 cm³/mol. The number of benzene rings is 3. The van der Waals surface area contributed by atoms with Gasteiger partial charge in [-0.05, 0) is 74.7 Å². The van der Waals surface area contributed by atoms with Crippen molar-refractivity contribution in [3.8, 4) is 22.5 Å². The van der Waals surface area contributed by atoms with Gasteiger partial charge in [-0.2, -0.15) is 0 Å². The maximum Gasteiger partial charge on any atom is 0.262 e. The maximum absolute atomic E-state index is 13.8. The number of fused-ring (bicyclic) bond motifs is 1. The van der Waals surface area contributed by atoms with Crippen LogP contribution in [0.4, 0.5) is 0 Å². The topological polar surface area (TPSA) is 67.2 Å². The third kappa shape index (κ3) is 5.65. The Labute approximate surface area is 218 Å². The zero-order valence-electron chi connectivity index (χ0n) is 21.7. The molecule has 37 heavy (non-hydrogen) atoms. The molecule has 1 N–H and O–H groups in total. The van der Waals surface area contributed by atoms with Gasteiger partial charge in [-0.15, -0.1) is 0 Å². The van der Waals surface area contributed by atoms with E-state index in [1.165, 1.54) is 35.0 Å². The van der Waals surface area contributed by atoms with Crippen LogP contribution in [0.3, 0.4) is 0 Å². The van der Waals surface area contributed by atoms with Crippen molar-refractivity contribution in [2.45, 2.75) is 46.2 Å². The fourth-order valence-corrected chi connectivity index (χ4v) is 5.25. The van der Waals surface area contributed by atoms with E-state index in [4.69, 9.17) is 4.98 Å². The molecule has 6 nitrogen and oxygen atoms in total. The molecule has 0 radical (unpaired) electrons. The summed E-state index contributed by atoms with van der Waals surface area (Å²) in [5, 5.41) is 3.32. The number of nitrogens with zero attached hydrogens (tertiary/aromatic N) is 3. The molecule has 0 unspecified atom stereocenters. The van der Waals surface area contributed by atoms with E-state index in [9.17, 15) is 9.59 Å². The molecule has 4 aromatic rings. The number of aromatic nitrogens is 2. The largest absolute Gasteiger partial charge is 0.355 e. The minimum atomic E-state index is -0.210. The van der Waals surface area contributed by atoms with Gasteiger partial charge in [0.25, 0.3) is 5.56 Å². The summed E-state index contributed by atoms with van der Waals surface area (Å²) in [6.45, 7) is 7.67. The lowest BCUT2D eigenvalue weighted by Crippen LogP contribution is -2.33. The van der Waals surface area contributed by atoms with Crippen LogP contribution in [0.5, 0.6) is 0 Å². The molecule has 1 aromatic heterocycles. The molecular formula is C31H34N4O2. The smallest absolute Gasteiger partial charge is 0.262 e. The van der Waals surface area contributed by atoms with Crippen molar-refractivity contribution >= 4 is 16.8 Å². The van der Waals surface area contributed by atoms with Gasteiger partial charge in [0.2, 0.25) is 5.91 Å². The van der Waals surface area contributed by atoms with E-state index < -0.39 is 0 Å². The predicted octanol–water partition coefficient (Wildman–Crippen LogP) is 5.16. The van der Waals surface area contributed by atoms with Crippen LogP contribution in [0.15, 0.2) is 71.5 Å². The zero-order valence-corrected chi connectivity index (χ0v) is 21.7. The van der Waals surface area contributed by atoms with Gasteiger partial charge in [0, 0.05) is 18.7 Å². The van der Waals surface area contributed by atoms with Crippen LogP contribution in [0.2, 0.25) is 0 Å². The Kier molecular flexibility index (Phi) is 7.47. The van der Waals surface area contributed by atoms with E-state index in [1.807, 2.05) is 55.5 Å². The Morgan fingerprint density at radius 2 is 1.70 bits per heavy atom. The van der Waals surface area contributed by atoms with Crippen LogP contribution in [0.25, 0.3) is 33.4 Å². The van der Waals surface area contributed by atoms with Crippen LogP contribution in [0, 0.1) is 6.92 Å². The summed E-state index contributed by atoms with van der Waals surface area (Å²) in [4.78, 5) is 33.7. The number of hydrogen-bond acceptors (Lipinski definition) is 4. The van der Waals surface area contributed by atoms with E-state index in [0.717, 1.165) is 36.3 Å². The molecule has 3 aromatic carbocycles. The monoisotopic (exact) mass is 494 g/mol. The summed E-state index contributed by atoms with van der Waals surface area (Å²) >= 11 is 0. The Balaban J connectivity index is 1.57. The van der Waals surface area contributed by atoms with Gasteiger partial charge in [-0.1, -0.05) is 60.5 Å². The third-order valence-corrected chi connectivity index (χ3v) is 6.99. The van der Waals surface area contributed by atoms with Crippen molar-refractivity contribution in [3.05, 3.63) is 88.2 Å². The van der Waals surface area contributed by atoms with Crippen molar-refractivity contribution in [1.29, 1.82) is 0 Å². The van der Waals surface area contributed by atoms with Gasteiger partial charge in [-0.25, -0.2) is 4.98 Å². The number of likely N-dealkylation sites (N-methyl/N-ethyl adjacent to an activating group) is 1. The molecule has 0 bridgehead atoms. The van der Waals surface area contributed by atoms with Gasteiger partial charge in [-0.3, -0.25) is 19.1 Å². The number of carbonyl (C=O) groups is 1. The minimum Gasteiger partial charge on any atom is -0.355 e. The summed E-state index contributed by atoms with van der Waals surface area (Å²) in [5.74, 6) is 0.289. The molecule has 2 heterocycles. The SMILES string of the molecule is CCNC(=O)Cn1c(-c2ccccc2)nc2ccc(-c3cc(C)cc(CN4CCCCC4)c3)cc2c1=O. The highest BCUT2D eigenvalue weighted by atomic mass is 16.2. The van der Waals surface area contributed by atoms with E-state index in [2.05, 4.69) is 35.3 Å². The number of amides is 1.